The van der Waals surface area contributed by atoms with Crippen molar-refractivity contribution in [2.75, 3.05) is 0 Å². The maximum atomic E-state index is 6.12. The van der Waals surface area contributed by atoms with Crippen molar-refractivity contribution in [2.24, 2.45) is 5.73 Å². The van der Waals surface area contributed by atoms with Gasteiger partial charge in [0.1, 0.15) is 10.2 Å². The molecule has 0 spiro atoms. The number of hydrogen-bond donors (Lipinski definition) is 2. The lowest BCUT2D eigenvalue weighted by Crippen LogP contribution is -2.33. The molecule has 2 aromatic heterocycles. The molecule has 17 heavy (non-hydrogen) atoms. The van der Waals surface area contributed by atoms with E-state index in [0.29, 0.717) is 8.67 Å². The van der Waals surface area contributed by atoms with Gasteiger partial charge in [-0.25, -0.2) is 4.98 Å². The molecule has 0 radical (unpaired) electrons. The normalized spacial score (nSPS) is 14.9. The minimum Gasteiger partial charge on any atom is -0.340 e. The first-order chi connectivity index (χ1) is 7.94. The third kappa shape index (κ3) is 2.50. The topological polar surface area (TPSA) is 54.7 Å². The molecular formula is C11H13Cl2N3S. The molecule has 0 aliphatic carbocycles. The molecule has 0 saturated heterocycles. The Morgan fingerprint density at radius 2 is 2.24 bits per heavy atom. The van der Waals surface area contributed by atoms with Crippen LogP contribution in [0.2, 0.25) is 8.67 Å². The predicted octanol–water partition coefficient (Wildman–Crippen LogP) is 4.03. The van der Waals surface area contributed by atoms with Crippen LogP contribution in [0.25, 0.3) is 11.3 Å². The van der Waals surface area contributed by atoms with Gasteiger partial charge in [0.2, 0.25) is 0 Å². The van der Waals surface area contributed by atoms with Gasteiger partial charge >= 0.3 is 0 Å². The largest absolute Gasteiger partial charge is 0.340 e. The summed E-state index contributed by atoms with van der Waals surface area (Å²) in [4.78, 5) is 7.51. The van der Waals surface area contributed by atoms with E-state index in [0.717, 1.165) is 23.5 Å². The van der Waals surface area contributed by atoms with Crippen LogP contribution in [0.3, 0.4) is 0 Å². The number of imidazole rings is 1. The van der Waals surface area contributed by atoms with Crippen molar-refractivity contribution in [3.05, 3.63) is 26.8 Å². The van der Waals surface area contributed by atoms with Crippen molar-refractivity contribution in [2.45, 2.75) is 25.8 Å². The van der Waals surface area contributed by atoms with Crippen LogP contribution >= 0.6 is 34.5 Å². The number of nitrogens with zero attached hydrogens (tertiary/aromatic N) is 1. The van der Waals surface area contributed by atoms with E-state index in [1.165, 1.54) is 11.3 Å². The van der Waals surface area contributed by atoms with E-state index in [1.807, 2.05) is 19.9 Å². The number of aromatic amines is 1. The first kappa shape index (κ1) is 12.9. The Bertz CT molecular complexity index is 531. The Morgan fingerprint density at radius 3 is 2.76 bits per heavy atom. The number of halogens is 2. The van der Waals surface area contributed by atoms with Crippen LogP contribution in [-0.4, -0.2) is 9.97 Å². The minimum absolute atomic E-state index is 0.454. The summed E-state index contributed by atoms with van der Waals surface area (Å²) in [5, 5.41) is 0. The number of H-pyrrole nitrogens is 1. The molecule has 0 bridgehead atoms. The zero-order valence-electron chi connectivity index (χ0n) is 9.55. The van der Waals surface area contributed by atoms with Gasteiger partial charge < -0.3 is 10.7 Å². The fraction of sp³-hybridized carbons (Fsp3) is 0.364. The highest BCUT2D eigenvalue weighted by Gasteiger charge is 2.23. The second kappa shape index (κ2) is 4.61. The van der Waals surface area contributed by atoms with Crippen molar-refractivity contribution in [3.8, 4) is 11.3 Å². The Kier molecular flexibility index (Phi) is 3.50. The SMILES string of the molecule is CCC(C)(N)c1ncc(-c2cc(Cl)sc2Cl)[nH]1. The van der Waals surface area contributed by atoms with Crippen molar-refractivity contribution in [1.82, 2.24) is 9.97 Å². The van der Waals surface area contributed by atoms with Crippen LogP contribution < -0.4 is 5.73 Å². The first-order valence-corrected chi connectivity index (χ1v) is 6.81. The molecule has 0 fully saturated rings. The number of aromatic nitrogens is 2. The molecule has 2 rings (SSSR count). The van der Waals surface area contributed by atoms with Crippen LogP contribution in [0.4, 0.5) is 0 Å². The molecule has 92 valence electrons. The van der Waals surface area contributed by atoms with Gasteiger partial charge in [0.05, 0.1) is 21.8 Å². The quantitative estimate of drug-likeness (QED) is 0.896. The van der Waals surface area contributed by atoms with E-state index in [1.54, 1.807) is 6.20 Å². The third-order valence-corrected chi connectivity index (χ3v) is 4.29. The van der Waals surface area contributed by atoms with E-state index in [9.17, 15) is 0 Å². The molecule has 3 N–H and O–H groups in total. The molecule has 2 aromatic rings. The van der Waals surface area contributed by atoms with Crippen molar-refractivity contribution >= 4 is 34.5 Å². The van der Waals surface area contributed by atoms with E-state index in [2.05, 4.69) is 9.97 Å². The summed E-state index contributed by atoms with van der Waals surface area (Å²) in [6, 6.07) is 1.83. The van der Waals surface area contributed by atoms with Gasteiger partial charge in [-0.15, -0.1) is 11.3 Å². The highest BCUT2D eigenvalue weighted by atomic mass is 35.5. The van der Waals surface area contributed by atoms with Crippen molar-refractivity contribution < 1.29 is 0 Å². The molecule has 1 atom stereocenters. The van der Waals surface area contributed by atoms with Gasteiger partial charge in [-0.3, -0.25) is 0 Å². The van der Waals surface area contributed by atoms with Crippen LogP contribution in [0.1, 0.15) is 26.1 Å². The van der Waals surface area contributed by atoms with Crippen molar-refractivity contribution in [1.29, 1.82) is 0 Å². The van der Waals surface area contributed by atoms with Crippen LogP contribution in [0.5, 0.6) is 0 Å². The molecule has 2 heterocycles. The van der Waals surface area contributed by atoms with Gasteiger partial charge in [0, 0.05) is 5.56 Å². The molecular weight excluding hydrogens is 277 g/mol. The van der Waals surface area contributed by atoms with Gasteiger partial charge in [-0.2, -0.15) is 0 Å². The summed E-state index contributed by atoms with van der Waals surface area (Å²) in [7, 11) is 0. The zero-order chi connectivity index (χ0) is 12.6. The molecule has 0 aliphatic heterocycles. The predicted molar refractivity (Wildman–Crippen MR) is 73.8 cm³/mol. The lowest BCUT2D eigenvalue weighted by Gasteiger charge is -2.19. The summed E-state index contributed by atoms with van der Waals surface area (Å²) < 4.78 is 1.31. The molecule has 6 heteroatoms. The summed E-state index contributed by atoms with van der Waals surface area (Å²) in [5.74, 6) is 0.758. The van der Waals surface area contributed by atoms with Crippen molar-refractivity contribution in [3.63, 3.8) is 0 Å². The van der Waals surface area contributed by atoms with E-state index < -0.39 is 5.54 Å². The number of thiophene rings is 1. The fourth-order valence-corrected chi connectivity index (χ4v) is 2.93. The Morgan fingerprint density at radius 1 is 1.53 bits per heavy atom. The van der Waals surface area contributed by atoms with Gasteiger partial charge in [0.25, 0.3) is 0 Å². The molecule has 0 aromatic carbocycles. The monoisotopic (exact) mass is 289 g/mol. The molecule has 0 aliphatic rings. The number of rotatable bonds is 3. The Balaban J connectivity index is 2.40. The fourth-order valence-electron chi connectivity index (χ4n) is 1.44. The maximum Gasteiger partial charge on any atom is 0.126 e. The standard InChI is InChI=1S/C11H13Cl2N3S/c1-3-11(2,14)10-15-5-7(16-10)6-4-8(12)17-9(6)13/h4-5H,3,14H2,1-2H3,(H,15,16). The molecule has 0 amide bonds. The van der Waals surface area contributed by atoms with Crippen LogP contribution in [-0.2, 0) is 5.54 Å². The highest BCUT2D eigenvalue weighted by Crippen LogP contribution is 2.37. The molecule has 1 unspecified atom stereocenters. The lowest BCUT2D eigenvalue weighted by molar-refractivity contribution is 0.450. The average molecular weight is 290 g/mol. The number of hydrogen-bond acceptors (Lipinski definition) is 3. The number of nitrogens with two attached hydrogens (primary N) is 1. The maximum absolute atomic E-state index is 6.12. The summed E-state index contributed by atoms with van der Waals surface area (Å²) in [6.45, 7) is 3.97. The van der Waals surface area contributed by atoms with Crippen LogP contribution in [0.15, 0.2) is 12.3 Å². The highest BCUT2D eigenvalue weighted by molar-refractivity contribution is 7.20. The van der Waals surface area contributed by atoms with E-state index >= 15 is 0 Å². The third-order valence-electron chi connectivity index (χ3n) is 2.80. The summed E-state index contributed by atoms with van der Waals surface area (Å²) in [5.41, 5.74) is 7.38. The molecule has 3 nitrogen and oxygen atoms in total. The summed E-state index contributed by atoms with van der Waals surface area (Å²) in [6.07, 6.45) is 2.54. The van der Waals surface area contributed by atoms with Gasteiger partial charge in [0.15, 0.2) is 0 Å². The van der Waals surface area contributed by atoms with Gasteiger partial charge in [-0.05, 0) is 19.4 Å². The summed E-state index contributed by atoms with van der Waals surface area (Å²) >= 11 is 13.3. The van der Waals surface area contributed by atoms with E-state index in [-0.39, 0.29) is 0 Å². The Labute approximate surface area is 114 Å². The smallest absolute Gasteiger partial charge is 0.126 e. The zero-order valence-corrected chi connectivity index (χ0v) is 11.9. The second-order valence-electron chi connectivity index (χ2n) is 4.15. The van der Waals surface area contributed by atoms with Gasteiger partial charge in [-0.1, -0.05) is 30.1 Å². The molecule has 0 saturated carbocycles. The second-order valence-corrected chi connectivity index (χ2v) is 6.44. The van der Waals surface area contributed by atoms with E-state index in [4.69, 9.17) is 28.9 Å². The lowest BCUT2D eigenvalue weighted by atomic mass is 10.0. The Hall–Kier alpha value is -0.550. The number of nitrogens with one attached hydrogen (secondary N) is 1. The van der Waals surface area contributed by atoms with Crippen LogP contribution in [0, 0.1) is 0 Å². The average Bonchev–Trinajstić information content (AvgIpc) is 2.85. The first-order valence-electron chi connectivity index (χ1n) is 5.23. The minimum atomic E-state index is -0.454.